The molecule has 0 unspecified atom stereocenters. The number of aromatic amines is 1. The first-order valence-corrected chi connectivity index (χ1v) is 19.8. The Morgan fingerprint density at radius 3 is 2.46 bits per heavy atom. The lowest BCUT2D eigenvalue weighted by Gasteiger charge is -2.56. The van der Waals surface area contributed by atoms with E-state index in [1.165, 1.54) is 31.2 Å². The number of aryl methyl sites for hydroxylation is 1. The summed E-state index contributed by atoms with van der Waals surface area (Å²) in [7, 11) is 3.57. The second kappa shape index (κ2) is 16.3. The number of nitrogens with one attached hydrogen (secondary N) is 2. The van der Waals surface area contributed by atoms with Gasteiger partial charge in [-0.15, -0.1) is 0 Å². The van der Waals surface area contributed by atoms with E-state index in [0.717, 1.165) is 48.2 Å². The molecule has 2 aromatic rings. The molecule has 284 valence electrons. The van der Waals surface area contributed by atoms with Gasteiger partial charge in [0.05, 0.1) is 37.9 Å². The summed E-state index contributed by atoms with van der Waals surface area (Å²) in [6.45, 7) is 6.98. The summed E-state index contributed by atoms with van der Waals surface area (Å²) < 4.78 is 11.1. The summed E-state index contributed by atoms with van der Waals surface area (Å²) in [5, 5.41) is 4.21. The van der Waals surface area contributed by atoms with Crippen molar-refractivity contribution >= 4 is 34.5 Å². The molecule has 1 saturated carbocycles. The van der Waals surface area contributed by atoms with Crippen molar-refractivity contribution in [3.05, 3.63) is 35.0 Å². The minimum absolute atomic E-state index is 0.00651. The van der Waals surface area contributed by atoms with Crippen molar-refractivity contribution in [2.45, 2.75) is 76.2 Å². The number of fused-ring (bicyclic) bond motifs is 5. The minimum Gasteiger partial charge on any atom is -0.379 e. The summed E-state index contributed by atoms with van der Waals surface area (Å²) >= 11 is 0. The topological polar surface area (TPSA) is 128 Å². The number of aromatic nitrogens is 1. The molecular weight excluding hydrogens is 660 g/mol. The van der Waals surface area contributed by atoms with Crippen LogP contribution < -0.4 is 5.32 Å². The Balaban J connectivity index is 1.22. The van der Waals surface area contributed by atoms with Gasteiger partial charge in [-0.25, -0.2) is 0 Å². The number of morpholine rings is 2. The van der Waals surface area contributed by atoms with Crippen LogP contribution in [0.4, 0.5) is 0 Å². The van der Waals surface area contributed by atoms with Crippen molar-refractivity contribution < 1.29 is 28.7 Å². The lowest BCUT2D eigenvalue weighted by atomic mass is 9.64. The van der Waals surface area contributed by atoms with Crippen molar-refractivity contribution in [1.29, 1.82) is 0 Å². The maximum atomic E-state index is 14.9. The Morgan fingerprint density at radius 2 is 1.73 bits per heavy atom. The van der Waals surface area contributed by atoms with Crippen LogP contribution in [0.2, 0.25) is 0 Å². The number of benzene rings is 1. The monoisotopic (exact) mass is 718 g/mol. The molecule has 2 N–H and O–H groups in total. The Labute approximate surface area is 307 Å². The molecule has 3 saturated heterocycles. The van der Waals surface area contributed by atoms with Gasteiger partial charge in [-0.05, 0) is 55.2 Å². The number of carbonyl (C=O) groups is 4. The summed E-state index contributed by atoms with van der Waals surface area (Å²) in [5.41, 5.74) is 3.45. The van der Waals surface area contributed by atoms with Gasteiger partial charge >= 0.3 is 0 Å². The second-order valence-corrected chi connectivity index (χ2v) is 15.9. The zero-order chi connectivity index (χ0) is 36.2. The average Bonchev–Trinajstić information content (AvgIpc) is 3.83. The van der Waals surface area contributed by atoms with E-state index in [2.05, 4.69) is 33.4 Å². The van der Waals surface area contributed by atoms with E-state index in [0.29, 0.717) is 90.6 Å². The molecule has 1 aromatic heterocycles. The van der Waals surface area contributed by atoms with Crippen LogP contribution in [0.1, 0.15) is 74.6 Å². The normalized spacial score (nSPS) is 25.6. The van der Waals surface area contributed by atoms with Gasteiger partial charge < -0.3 is 34.5 Å². The number of nitrogens with zero attached hydrogens (tertiary/aromatic N) is 4. The van der Waals surface area contributed by atoms with Crippen LogP contribution in [0.25, 0.3) is 10.9 Å². The first kappa shape index (κ1) is 36.9. The van der Waals surface area contributed by atoms with E-state index in [1.54, 1.807) is 19.0 Å². The average molecular weight is 719 g/mol. The smallest absolute Gasteiger partial charge is 0.228 e. The van der Waals surface area contributed by atoms with Crippen molar-refractivity contribution in [3.8, 4) is 0 Å². The molecule has 4 aliphatic heterocycles. The molecule has 5 heterocycles. The number of ether oxygens (including phenoxy) is 2. The molecule has 1 aliphatic carbocycles. The Kier molecular flexibility index (Phi) is 11.5. The number of rotatable bonds is 12. The molecule has 4 fully saturated rings. The van der Waals surface area contributed by atoms with E-state index < -0.39 is 17.4 Å². The predicted octanol–water partition coefficient (Wildman–Crippen LogP) is 3.07. The number of amides is 4. The van der Waals surface area contributed by atoms with E-state index in [1.807, 2.05) is 9.80 Å². The highest BCUT2D eigenvalue weighted by Crippen LogP contribution is 2.54. The standard InChI is InChI=1S/C40H58N6O6/c1-43(2)36(48)10-8-29-7-9-31-32-12-15-46-38(49)30(27-35(47)41-14-16-44-17-21-51-22-18-44)26-33(39(50)45-19-23-52-24-20-45)40(46,37(32)42-34(31)25-29)13-11-28-5-3-4-6-28/h7,9,25,28,30,33,42H,3-6,8,10-24,26-27H2,1-2H3,(H,41,47)/t30-,33-,40+/m1/s1. The number of hydrogen-bond donors (Lipinski definition) is 2. The number of H-pyrrole nitrogens is 1. The van der Waals surface area contributed by atoms with Gasteiger partial charge in [-0.2, -0.15) is 0 Å². The summed E-state index contributed by atoms with van der Waals surface area (Å²) in [6.07, 6.45) is 8.70. The molecule has 4 amide bonds. The molecule has 52 heavy (non-hydrogen) atoms. The third-order valence-corrected chi connectivity index (χ3v) is 12.6. The Hall–Kier alpha value is -3.48. The van der Waals surface area contributed by atoms with Gasteiger partial charge in [-0.1, -0.05) is 37.8 Å². The predicted molar refractivity (Wildman–Crippen MR) is 197 cm³/mol. The van der Waals surface area contributed by atoms with Crippen LogP contribution in [0.5, 0.6) is 0 Å². The highest BCUT2D eigenvalue weighted by molar-refractivity contribution is 5.93. The van der Waals surface area contributed by atoms with Gasteiger partial charge in [0, 0.05) is 95.3 Å². The summed E-state index contributed by atoms with van der Waals surface area (Å²) in [4.78, 5) is 67.3. The zero-order valence-corrected chi connectivity index (χ0v) is 31.3. The van der Waals surface area contributed by atoms with Gasteiger partial charge in [0.1, 0.15) is 0 Å². The fraction of sp³-hybridized carbons (Fsp3) is 0.700. The largest absolute Gasteiger partial charge is 0.379 e. The molecule has 0 bridgehead atoms. The number of piperidine rings is 1. The van der Waals surface area contributed by atoms with Gasteiger partial charge in [0.15, 0.2) is 0 Å². The highest BCUT2D eigenvalue weighted by atomic mass is 16.5. The van der Waals surface area contributed by atoms with Crippen LogP contribution in [-0.2, 0) is 47.0 Å². The summed E-state index contributed by atoms with van der Waals surface area (Å²) in [5.74, 6) is -0.447. The summed E-state index contributed by atoms with van der Waals surface area (Å²) in [6, 6.07) is 6.43. The minimum atomic E-state index is -0.827. The van der Waals surface area contributed by atoms with Crippen molar-refractivity contribution in [2.24, 2.45) is 17.8 Å². The second-order valence-electron chi connectivity index (χ2n) is 15.9. The molecule has 12 heteroatoms. The lowest BCUT2D eigenvalue weighted by molar-refractivity contribution is -0.169. The highest BCUT2D eigenvalue weighted by Gasteiger charge is 2.59. The van der Waals surface area contributed by atoms with Crippen LogP contribution in [0.3, 0.4) is 0 Å². The third-order valence-electron chi connectivity index (χ3n) is 12.6. The zero-order valence-electron chi connectivity index (χ0n) is 31.3. The molecule has 1 aromatic carbocycles. The molecule has 0 spiro atoms. The van der Waals surface area contributed by atoms with E-state index >= 15 is 0 Å². The molecule has 7 rings (SSSR count). The molecule has 3 atom stereocenters. The lowest BCUT2D eigenvalue weighted by Crippen LogP contribution is -2.66. The van der Waals surface area contributed by atoms with E-state index in [9.17, 15) is 19.2 Å². The first-order valence-electron chi connectivity index (χ1n) is 19.8. The first-order chi connectivity index (χ1) is 25.2. The molecular formula is C40H58N6O6. The van der Waals surface area contributed by atoms with Crippen molar-refractivity contribution in [2.75, 3.05) is 86.3 Å². The fourth-order valence-electron chi connectivity index (χ4n) is 9.70. The van der Waals surface area contributed by atoms with Crippen LogP contribution in [0.15, 0.2) is 18.2 Å². The molecule has 0 radical (unpaired) electrons. The number of hydrogen-bond acceptors (Lipinski definition) is 7. The Morgan fingerprint density at radius 1 is 1.00 bits per heavy atom. The van der Waals surface area contributed by atoms with Crippen LogP contribution >= 0.6 is 0 Å². The van der Waals surface area contributed by atoms with Crippen LogP contribution in [0, 0.1) is 17.8 Å². The third kappa shape index (κ3) is 7.61. The maximum absolute atomic E-state index is 14.9. The van der Waals surface area contributed by atoms with Crippen LogP contribution in [-0.4, -0.2) is 135 Å². The van der Waals surface area contributed by atoms with Gasteiger partial charge in [-0.3, -0.25) is 24.1 Å². The molecule has 5 aliphatic rings. The van der Waals surface area contributed by atoms with Crippen molar-refractivity contribution in [1.82, 2.24) is 29.9 Å². The number of carbonyl (C=O) groups excluding carboxylic acids is 4. The Bertz CT molecular complexity index is 1610. The van der Waals surface area contributed by atoms with E-state index in [4.69, 9.17) is 9.47 Å². The van der Waals surface area contributed by atoms with Gasteiger partial charge in [0.25, 0.3) is 0 Å². The molecule has 12 nitrogen and oxygen atoms in total. The quantitative estimate of drug-likeness (QED) is 0.346. The van der Waals surface area contributed by atoms with Crippen molar-refractivity contribution in [3.63, 3.8) is 0 Å². The van der Waals surface area contributed by atoms with E-state index in [-0.39, 0.29) is 30.0 Å². The van der Waals surface area contributed by atoms with Gasteiger partial charge in [0.2, 0.25) is 23.6 Å². The fourth-order valence-corrected chi connectivity index (χ4v) is 9.70. The maximum Gasteiger partial charge on any atom is 0.228 e. The SMILES string of the molecule is CN(C)C(=O)CCc1ccc2c3c([nH]c2c1)[C@]1(CCC2CCCC2)[C@@H](C(=O)N2CCOCC2)C[C@H](CC(=O)NCCN2CCOCC2)C(=O)N1CC3.